The summed E-state index contributed by atoms with van der Waals surface area (Å²) >= 11 is 5.62. The van der Waals surface area contributed by atoms with E-state index in [0.29, 0.717) is 25.5 Å². The first-order valence-corrected chi connectivity index (χ1v) is 8.19. The minimum absolute atomic E-state index is 0.0267. The number of hydrogen-bond donors (Lipinski definition) is 0. The predicted molar refractivity (Wildman–Crippen MR) is 71.6 cm³/mol. The van der Waals surface area contributed by atoms with E-state index in [1.165, 1.54) is 10.4 Å². The monoisotopic (exact) mass is 307 g/mol. The number of ether oxygens (including phenoxy) is 1. The summed E-state index contributed by atoms with van der Waals surface area (Å²) in [6.07, 6.45) is 1.83. The van der Waals surface area contributed by atoms with Crippen molar-refractivity contribution in [1.29, 1.82) is 0 Å². The van der Waals surface area contributed by atoms with Crippen LogP contribution in [-0.4, -0.2) is 39.5 Å². The lowest BCUT2D eigenvalue weighted by Crippen LogP contribution is -2.40. The van der Waals surface area contributed by atoms with Gasteiger partial charge in [-0.3, -0.25) is 0 Å². The SMILES string of the molecule is COCC1CCCN(S(=O)(=O)c2ccc(CCl)o2)C1. The van der Waals surface area contributed by atoms with E-state index in [9.17, 15) is 8.42 Å². The molecule has 1 aliphatic rings. The lowest BCUT2D eigenvalue weighted by molar-refractivity contribution is 0.118. The van der Waals surface area contributed by atoms with Crippen LogP contribution in [0.3, 0.4) is 0 Å². The molecule has 7 heteroatoms. The maximum atomic E-state index is 12.4. The minimum Gasteiger partial charge on any atom is -0.447 e. The van der Waals surface area contributed by atoms with E-state index in [2.05, 4.69) is 0 Å². The second kappa shape index (κ2) is 6.26. The molecule has 2 heterocycles. The van der Waals surface area contributed by atoms with Gasteiger partial charge in [0.1, 0.15) is 5.76 Å². The molecule has 0 bridgehead atoms. The average Bonchev–Trinajstić information content (AvgIpc) is 2.89. The molecule has 19 heavy (non-hydrogen) atoms. The molecule has 5 nitrogen and oxygen atoms in total. The third-order valence-corrected chi connectivity index (χ3v) is 5.25. The zero-order valence-electron chi connectivity index (χ0n) is 10.8. The van der Waals surface area contributed by atoms with E-state index in [1.54, 1.807) is 13.2 Å². The number of rotatable bonds is 5. The van der Waals surface area contributed by atoms with Gasteiger partial charge in [0.15, 0.2) is 0 Å². The Hall–Kier alpha value is -0.560. The van der Waals surface area contributed by atoms with Gasteiger partial charge in [-0.15, -0.1) is 11.6 Å². The Morgan fingerprint density at radius 3 is 2.95 bits per heavy atom. The molecule has 1 fully saturated rings. The molecular weight excluding hydrogens is 290 g/mol. The second-order valence-electron chi connectivity index (χ2n) is 4.68. The van der Waals surface area contributed by atoms with Crippen LogP contribution in [0.2, 0.25) is 0 Å². The number of methoxy groups -OCH3 is 1. The molecule has 108 valence electrons. The molecule has 2 rings (SSSR count). The van der Waals surface area contributed by atoms with Crippen molar-refractivity contribution in [1.82, 2.24) is 4.31 Å². The maximum Gasteiger partial charge on any atom is 0.276 e. The molecule has 0 N–H and O–H groups in total. The quantitative estimate of drug-likeness (QED) is 0.781. The summed E-state index contributed by atoms with van der Waals surface area (Å²) in [5.41, 5.74) is 0. The fourth-order valence-electron chi connectivity index (χ4n) is 2.31. The summed E-state index contributed by atoms with van der Waals surface area (Å²) in [6.45, 7) is 1.59. The molecule has 0 saturated carbocycles. The van der Waals surface area contributed by atoms with Crippen molar-refractivity contribution < 1.29 is 17.6 Å². The first-order chi connectivity index (χ1) is 9.07. The average molecular weight is 308 g/mol. The Kier molecular flexibility index (Phi) is 4.89. The Morgan fingerprint density at radius 1 is 1.53 bits per heavy atom. The van der Waals surface area contributed by atoms with Gasteiger partial charge in [-0.2, -0.15) is 4.31 Å². The highest BCUT2D eigenvalue weighted by Crippen LogP contribution is 2.25. The normalized spacial score (nSPS) is 21.7. The van der Waals surface area contributed by atoms with E-state index in [0.717, 1.165) is 12.8 Å². The Balaban J connectivity index is 2.14. The largest absolute Gasteiger partial charge is 0.447 e. The number of halogens is 1. The lowest BCUT2D eigenvalue weighted by Gasteiger charge is -2.30. The molecule has 0 aliphatic carbocycles. The standard InChI is InChI=1S/C12H18ClNO4S/c1-17-9-10-3-2-6-14(8-10)19(15,16)12-5-4-11(7-13)18-12/h4-5,10H,2-3,6-9H2,1H3. The fourth-order valence-corrected chi connectivity index (χ4v) is 3.94. The van der Waals surface area contributed by atoms with Crippen molar-refractivity contribution in [3.63, 3.8) is 0 Å². The van der Waals surface area contributed by atoms with Gasteiger partial charge in [-0.05, 0) is 30.9 Å². The third-order valence-electron chi connectivity index (χ3n) is 3.25. The van der Waals surface area contributed by atoms with Gasteiger partial charge in [0, 0.05) is 20.2 Å². The van der Waals surface area contributed by atoms with E-state index in [4.69, 9.17) is 20.8 Å². The molecule has 1 aromatic rings. The highest BCUT2D eigenvalue weighted by molar-refractivity contribution is 7.89. The van der Waals surface area contributed by atoms with Crippen LogP contribution in [0.25, 0.3) is 0 Å². The highest BCUT2D eigenvalue weighted by Gasteiger charge is 2.32. The van der Waals surface area contributed by atoms with Crippen molar-refractivity contribution in [2.75, 3.05) is 26.8 Å². The van der Waals surface area contributed by atoms with Crippen LogP contribution < -0.4 is 0 Å². The van der Waals surface area contributed by atoms with Crippen LogP contribution in [0, 0.1) is 5.92 Å². The highest BCUT2D eigenvalue weighted by atomic mass is 35.5. The first kappa shape index (κ1) is 14.8. The van der Waals surface area contributed by atoms with Crippen LogP contribution in [0.1, 0.15) is 18.6 Å². The van der Waals surface area contributed by atoms with Crippen molar-refractivity contribution >= 4 is 21.6 Å². The van der Waals surface area contributed by atoms with Crippen LogP contribution in [0.5, 0.6) is 0 Å². The molecule has 1 aromatic heterocycles. The summed E-state index contributed by atoms with van der Waals surface area (Å²) in [5.74, 6) is 0.878. The molecule has 0 spiro atoms. The number of alkyl halides is 1. The number of piperidine rings is 1. The zero-order valence-corrected chi connectivity index (χ0v) is 12.4. The van der Waals surface area contributed by atoms with Crippen LogP contribution in [0.15, 0.2) is 21.6 Å². The first-order valence-electron chi connectivity index (χ1n) is 6.21. The number of furan rings is 1. The fraction of sp³-hybridized carbons (Fsp3) is 0.667. The Morgan fingerprint density at radius 2 is 2.32 bits per heavy atom. The van der Waals surface area contributed by atoms with Gasteiger partial charge in [-0.1, -0.05) is 0 Å². The molecule has 0 radical (unpaired) electrons. The molecule has 1 saturated heterocycles. The van der Waals surface area contributed by atoms with Crippen molar-refractivity contribution in [3.05, 3.63) is 17.9 Å². The van der Waals surface area contributed by atoms with Gasteiger partial charge in [0.05, 0.1) is 12.5 Å². The number of hydrogen-bond acceptors (Lipinski definition) is 4. The number of sulfonamides is 1. The minimum atomic E-state index is -3.55. The zero-order chi connectivity index (χ0) is 13.9. The van der Waals surface area contributed by atoms with Gasteiger partial charge < -0.3 is 9.15 Å². The molecular formula is C12H18ClNO4S. The Bertz CT molecular complexity index is 512. The van der Waals surface area contributed by atoms with Gasteiger partial charge in [0.25, 0.3) is 10.0 Å². The predicted octanol–water partition coefficient (Wildman–Crippen LogP) is 2.07. The molecule has 1 unspecified atom stereocenters. The van der Waals surface area contributed by atoms with E-state index in [-0.39, 0.29) is 16.9 Å². The van der Waals surface area contributed by atoms with Crippen LogP contribution in [0.4, 0.5) is 0 Å². The van der Waals surface area contributed by atoms with E-state index < -0.39 is 10.0 Å². The van der Waals surface area contributed by atoms with Crippen molar-refractivity contribution in [2.24, 2.45) is 5.92 Å². The maximum absolute atomic E-state index is 12.4. The summed E-state index contributed by atoms with van der Waals surface area (Å²) in [5, 5.41) is -0.0267. The van der Waals surface area contributed by atoms with Crippen molar-refractivity contribution in [3.8, 4) is 0 Å². The molecule has 1 atom stereocenters. The Labute approximate surface area is 118 Å². The lowest BCUT2D eigenvalue weighted by atomic mass is 10.0. The van der Waals surface area contributed by atoms with Gasteiger partial charge in [-0.25, -0.2) is 8.42 Å². The van der Waals surface area contributed by atoms with Gasteiger partial charge in [0.2, 0.25) is 5.09 Å². The van der Waals surface area contributed by atoms with Crippen LogP contribution in [-0.2, 0) is 20.6 Å². The van der Waals surface area contributed by atoms with E-state index in [1.807, 2.05) is 0 Å². The van der Waals surface area contributed by atoms with Gasteiger partial charge >= 0.3 is 0 Å². The summed E-state index contributed by atoms with van der Waals surface area (Å²) in [6, 6.07) is 3.06. The molecule has 0 amide bonds. The van der Waals surface area contributed by atoms with Crippen LogP contribution >= 0.6 is 11.6 Å². The third kappa shape index (κ3) is 3.31. The van der Waals surface area contributed by atoms with E-state index >= 15 is 0 Å². The summed E-state index contributed by atoms with van der Waals surface area (Å²) < 4.78 is 36.7. The summed E-state index contributed by atoms with van der Waals surface area (Å²) in [7, 11) is -1.92. The topological polar surface area (TPSA) is 59.8 Å². The molecule has 1 aliphatic heterocycles. The van der Waals surface area contributed by atoms with Crippen molar-refractivity contribution in [2.45, 2.75) is 23.8 Å². The smallest absolute Gasteiger partial charge is 0.276 e. The molecule has 0 aromatic carbocycles. The second-order valence-corrected chi connectivity index (χ2v) is 6.82. The summed E-state index contributed by atoms with van der Waals surface area (Å²) in [4.78, 5) is 0. The number of nitrogens with zero attached hydrogens (tertiary/aromatic N) is 1.